The second-order valence-electron chi connectivity index (χ2n) is 20.8. The largest absolute Gasteiger partial charge is 0.456 e. The Morgan fingerprint density at radius 1 is 0.212 bits per heavy atom. The van der Waals surface area contributed by atoms with Gasteiger partial charge in [-0.15, -0.1) is 0 Å². The van der Waals surface area contributed by atoms with Crippen molar-refractivity contribution in [3.63, 3.8) is 0 Å². The van der Waals surface area contributed by atoms with Gasteiger partial charge < -0.3 is 27.5 Å². The summed E-state index contributed by atoms with van der Waals surface area (Å²) in [5.41, 5.74) is 17.0. The third kappa shape index (κ3) is 6.85. The summed E-state index contributed by atoms with van der Waals surface area (Å²) in [6.07, 6.45) is 0. The molecule has 4 aromatic heterocycles. The van der Waals surface area contributed by atoms with Gasteiger partial charge in [0.1, 0.15) is 33.5 Å². The fourth-order valence-electron chi connectivity index (χ4n) is 12.4. The number of hydrogen-bond donors (Lipinski definition) is 0. The molecule has 0 saturated carbocycles. The number of fused-ring (bicyclic) bond motifs is 14. The topological polar surface area (TPSA) is 59.0 Å². The summed E-state index contributed by atoms with van der Waals surface area (Å²) in [6.45, 7) is 0. The summed E-state index contributed by atoms with van der Waals surface area (Å²) in [5, 5.41) is 12.9. The summed E-state index contributed by atoms with van der Waals surface area (Å²) >= 11 is 0. The summed E-state index contributed by atoms with van der Waals surface area (Å²) in [7, 11) is 0. The smallest absolute Gasteiger partial charge is 0.159 e. The van der Waals surface area contributed by atoms with Gasteiger partial charge in [0.25, 0.3) is 0 Å². The number of furan rings is 4. The van der Waals surface area contributed by atoms with Crippen molar-refractivity contribution in [1.29, 1.82) is 0 Å². The molecular formula is C74H44N2O4. The van der Waals surface area contributed by atoms with Gasteiger partial charge in [-0.3, -0.25) is 0 Å². The van der Waals surface area contributed by atoms with Crippen LogP contribution in [0.25, 0.3) is 132 Å². The Morgan fingerprint density at radius 3 is 1.02 bits per heavy atom. The van der Waals surface area contributed by atoms with Gasteiger partial charge in [0.05, 0.1) is 11.4 Å². The molecule has 17 rings (SSSR count). The lowest BCUT2D eigenvalue weighted by molar-refractivity contribution is 0.656. The van der Waals surface area contributed by atoms with Crippen LogP contribution in [-0.2, 0) is 0 Å². The zero-order chi connectivity index (χ0) is 52.4. The van der Waals surface area contributed by atoms with Crippen LogP contribution in [0.5, 0.6) is 0 Å². The predicted octanol–water partition coefficient (Wildman–Crippen LogP) is 21.9. The molecule has 0 radical (unpaired) electrons. The number of hydrogen-bond acceptors (Lipinski definition) is 6. The highest BCUT2D eigenvalue weighted by atomic mass is 16.3. The van der Waals surface area contributed by atoms with Crippen LogP contribution in [0.2, 0.25) is 0 Å². The molecule has 0 aliphatic carbocycles. The maximum atomic E-state index is 6.95. The average molecular weight is 1030 g/mol. The van der Waals surface area contributed by atoms with Gasteiger partial charge in [-0.2, -0.15) is 0 Å². The fraction of sp³-hybridized carbons (Fsp3) is 0. The van der Waals surface area contributed by atoms with E-state index in [9.17, 15) is 0 Å². The van der Waals surface area contributed by atoms with Crippen molar-refractivity contribution in [3.05, 3.63) is 267 Å². The van der Waals surface area contributed by atoms with E-state index in [1.807, 2.05) is 12.1 Å². The maximum Gasteiger partial charge on any atom is 0.159 e. The average Bonchev–Trinajstić information content (AvgIpc) is 4.36. The van der Waals surface area contributed by atoms with Crippen molar-refractivity contribution in [1.82, 2.24) is 0 Å². The van der Waals surface area contributed by atoms with E-state index < -0.39 is 0 Å². The van der Waals surface area contributed by atoms with Crippen LogP contribution < -0.4 is 9.80 Å². The van der Waals surface area contributed by atoms with Crippen molar-refractivity contribution >= 4 is 143 Å². The first kappa shape index (κ1) is 44.3. The molecule has 80 heavy (non-hydrogen) atoms. The molecule has 13 aromatic carbocycles. The van der Waals surface area contributed by atoms with E-state index in [0.29, 0.717) is 0 Å². The molecule has 6 nitrogen and oxygen atoms in total. The van der Waals surface area contributed by atoms with Crippen molar-refractivity contribution in [2.75, 3.05) is 9.80 Å². The van der Waals surface area contributed by atoms with E-state index in [-0.39, 0.29) is 0 Å². The van der Waals surface area contributed by atoms with E-state index >= 15 is 0 Å². The predicted molar refractivity (Wildman–Crippen MR) is 331 cm³/mol. The van der Waals surface area contributed by atoms with Crippen LogP contribution >= 0.6 is 0 Å². The van der Waals surface area contributed by atoms with Crippen molar-refractivity contribution in [3.8, 4) is 22.3 Å². The van der Waals surface area contributed by atoms with Crippen LogP contribution in [0.1, 0.15) is 0 Å². The van der Waals surface area contributed by atoms with Crippen molar-refractivity contribution < 1.29 is 17.7 Å². The Labute approximate surface area is 457 Å². The van der Waals surface area contributed by atoms with Gasteiger partial charge in [-0.05, 0) is 124 Å². The standard InChI is InChI=1S/C74H44N2O4/c1-5-17-45(18-6-1)55-25-13-27-57-59-29-15-31-65(73(59)79-71(55)57)75(51-21-9-3-10-22-51)53-35-33-47-39-61-63-43-64-62-40-48-34-36-54(38-50(48)42-68(62)78-70(64)44-69(63)77-67(61)41-49(47)37-53)76(52-23-11-4-12-24-52)66-32-16-30-60-58-28-14-26-56(72(58)80-74(60)66)46-19-7-2-8-20-46/h1-44H. The zero-order valence-electron chi connectivity index (χ0n) is 42.9. The van der Waals surface area contributed by atoms with Crippen LogP contribution in [-0.4, -0.2) is 0 Å². The molecule has 0 unspecified atom stereocenters. The van der Waals surface area contributed by atoms with Crippen LogP contribution in [0, 0.1) is 0 Å². The Kier molecular flexibility index (Phi) is 9.61. The molecule has 0 atom stereocenters. The molecule has 0 N–H and O–H groups in total. The molecule has 0 saturated heterocycles. The summed E-state index contributed by atoms with van der Waals surface area (Å²) in [5.74, 6) is 0. The highest BCUT2D eigenvalue weighted by Gasteiger charge is 2.24. The minimum atomic E-state index is 0.778. The summed E-state index contributed by atoms with van der Waals surface area (Å²) < 4.78 is 27.4. The van der Waals surface area contributed by atoms with E-state index in [2.05, 4.69) is 265 Å². The van der Waals surface area contributed by atoms with Gasteiger partial charge in [0.2, 0.25) is 0 Å². The molecule has 0 amide bonds. The van der Waals surface area contributed by atoms with E-state index in [0.717, 1.165) is 166 Å². The lowest BCUT2D eigenvalue weighted by atomic mass is 10.0. The molecule has 0 spiro atoms. The normalized spacial score (nSPS) is 12.0. The molecule has 0 aliphatic heterocycles. The van der Waals surface area contributed by atoms with Crippen LogP contribution in [0.3, 0.4) is 0 Å². The van der Waals surface area contributed by atoms with Crippen LogP contribution in [0.15, 0.2) is 285 Å². The Morgan fingerprint density at radius 2 is 0.588 bits per heavy atom. The van der Waals surface area contributed by atoms with Gasteiger partial charge >= 0.3 is 0 Å². The molecule has 374 valence electrons. The highest BCUT2D eigenvalue weighted by molar-refractivity contribution is 6.20. The highest BCUT2D eigenvalue weighted by Crippen LogP contribution is 2.48. The van der Waals surface area contributed by atoms with Gasteiger partial charge in [-0.25, -0.2) is 0 Å². The minimum Gasteiger partial charge on any atom is -0.456 e. The lowest BCUT2D eigenvalue weighted by Gasteiger charge is -2.25. The van der Waals surface area contributed by atoms with Gasteiger partial charge in [0.15, 0.2) is 11.2 Å². The zero-order valence-corrected chi connectivity index (χ0v) is 42.9. The maximum absolute atomic E-state index is 6.95. The number of rotatable bonds is 8. The molecule has 4 heterocycles. The van der Waals surface area contributed by atoms with E-state index in [1.54, 1.807) is 0 Å². The molecule has 0 bridgehead atoms. The Balaban J connectivity index is 0.757. The van der Waals surface area contributed by atoms with E-state index in [1.165, 1.54) is 0 Å². The second-order valence-corrected chi connectivity index (χ2v) is 20.8. The summed E-state index contributed by atoms with van der Waals surface area (Å²) in [4.78, 5) is 4.59. The Bertz CT molecular complexity index is 4980. The second kappa shape index (κ2) is 17.3. The minimum absolute atomic E-state index is 0.778. The first-order valence-electron chi connectivity index (χ1n) is 27.0. The lowest BCUT2D eigenvalue weighted by Crippen LogP contribution is -2.10. The van der Waals surface area contributed by atoms with E-state index in [4.69, 9.17) is 17.7 Å². The van der Waals surface area contributed by atoms with Gasteiger partial charge in [0, 0.05) is 83.0 Å². The Hall–Kier alpha value is -10.8. The number of para-hydroxylation sites is 6. The third-order valence-corrected chi connectivity index (χ3v) is 16.2. The van der Waals surface area contributed by atoms with Gasteiger partial charge in [-0.1, -0.05) is 170 Å². The molecule has 6 heteroatoms. The number of nitrogens with zero attached hydrogens (tertiary/aromatic N) is 2. The first-order chi connectivity index (χ1) is 39.6. The summed E-state index contributed by atoms with van der Waals surface area (Å²) in [6, 6.07) is 94.2. The number of benzene rings is 13. The van der Waals surface area contributed by atoms with Crippen molar-refractivity contribution in [2.45, 2.75) is 0 Å². The third-order valence-electron chi connectivity index (χ3n) is 16.2. The molecule has 17 aromatic rings. The quantitative estimate of drug-likeness (QED) is 0.151. The SMILES string of the molecule is c1ccc(-c2cccc3c2oc2c(N(c4ccccc4)c4ccc5cc6c(cc5c4)oc4cc5oc7cc8cc(N(c9ccccc9)c9cccc%10c9oc9c(-c%11ccccc%11)cccc9%10)ccc8cc7c5cc46)cccc23)cc1. The van der Waals surface area contributed by atoms with Crippen molar-refractivity contribution in [2.24, 2.45) is 0 Å². The van der Waals surface area contributed by atoms with Crippen LogP contribution in [0.4, 0.5) is 34.1 Å². The monoisotopic (exact) mass is 1020 g/mol. The first-order valence-corrected chi connectivity index (χ1v) is 27.0. The molecule has 0 aliphatic rings. The molecular weight excluding hydrogens is 981 g/mol. The fourth-order valence-corrected chi connectivity index (χ4v) is 12.4. The number of anilines is 6. The molecule has 0 fully saturated rings.